The van der Waals surface area contributed by atoms with Gasteiger partial charge in [0.25, 0.3) is 0 Å². The molecule has 1 aromatic rings. The first-order valence-electron chi connectivity index (χ1n) is 5.48. The van der Waals surface area contributed by atoms with Crippen molar-refractivity contribution in [3.05, 3.63) is 23.8 Å². The Balaban J connectivity index is 3.04. The summed E-state index contributed by atoms with van der Waals surface area (Å²) in [5.41, 5.74) is -0.327. The molecule has 0 heterocycles. The van der Waals surface area contributed by atoms with Crippen LogP contribution in [-0.2, 0) is 20.0 Å². The maximum absolute atomic E-state index is 11.9. The van der Waals surface area contributed by atoms with Crippen molar-refractivity contribution in [2.24, 2.45) is 5.14 Å². The Morgan fingerprint density at radius 3 is 2.43 bits per heavy atom. The number of nitrogens with two attached hydrogens (primary N) is 1. The van der Waals surface area contributed by atoms with Gasteiger partial charge in [-0.25, -0.2) is 31.5 Å². The van der Waals surface area contributed by atoms with Crippen LogP contribution in [-0.4, -0.2) is 47.3 Å². The number of carbonyl (C=O) groups is 1. The molecule has 0 aromatic heterocycles. The molecule has 0 atom stereocenters. The van der Waals surface area contributed by atoms with Gasteiger partial charge in [0.2, 0.25) is 20.0 Å². The molecular formula is C10H14N2O7S2. The van der Waals surface area contributed by atoms with Crippen LogP contribution >= 0.6 is 0 Å². The third-order valence-electron chi connectivity index (χ3n) is 2.39. The highest BCUT2D eigenvalue weighted by molar-refractivity contribution is 7.90. The largest absolute Gasteiger partial charge is 0.496 e. The van der Waals surface area contributed by atoms with Crippen molar-refractivity contribution >= 4 is 26.0 Å². The Kier molecular flexibility index (Phi) is 5.28. The van der Waals surface area contributed by atoms with Crippen molar-refractivity contribution in [1.29, 1.82) is 0 Å². The molecule has 1 rings (SSSR count). The van der Waals surface area contributed by atoms with E-state index in [1.807, 2.05) is 4.72 Å². The van der Waals surface area contributed by atoms with Gasteiger partial charge in [0.1, 0.15) is 11.3 Å². The van der Waals surface area contributed by atoms with Crippen molar-refractivity contribution in [2.45, 2.75) is 4.90 Å². The summed E-state index contributed by atoms with van der Waals surface area (Å²) >= 11 is 0. The molecule has 0 radical (unpaired) electrons. The molecule has 0 bridgehead atoms. The van der Waals surface area contributed by atoms with E-state index in [2.05, 4.69) is 0 Å². The van der Waals surface area contributed by atoms with Crippen molar-refractivity contribution in [2.75, 3.05) is 19.4 Å². The molecule has 0 aliphatic rings. The summed E-state index contributed by atoms with van der Waals surface area (Å²) in [4.78, 5) is 10.7. The fourth-order valence-electron chi connectivity index (χ4n) is 1.42. The minimum atomic E-state index is -4.05. The van der Waals surface area contributed by atoms with Crippen molar-refractivity contribution < 1.29 is 31.5 Å². The molecule has 21 heavy (non-hydrogen) atoms. The Bertz CT molecular complexity index is 741. The fraction of sp³-hybridized carbons (Fsp3) is 0.300. The second-order valence-electron chi connectivity index (χ2n) is 3.93. The summed E-state index contributed by atoms with van der Waals surface area (Å²) in [6.45, 7) is -0.421. The maximum Gasteiger partial charge on any atom is 0.339 e. The molecule has 0 unspecified atom stereocenters. The molecule has 11 heteroatoms. The Morgan fingerprint density at radius 2 is 1.95 bits per heavy atom. The van der Waals surface area contributed by atoms with Gasteiger partial charge in [-0.15, -0.1) is 0 Å². The van der Waals surface area contributed by atoms with Gasteiger partial charge < -0.3 is 9.84 Å². The summed E-state index contributed by atoms with van der Waals surface area (Å²) in [6.07, 6.45) is 0. The first kappa shape index (κ1) is 17.4. The first-order valence-corrected chi connectivity index (χ1v) is 8.68. The van der Waals surface area contributed by atoms with E-state index in [0.717, 1.165) is 12.1 Å². The predicted octanol–water partition coefficient (Wildman–Crippen LogP) is -1.04. The zero-order valence-electron chi connectivity index (χ0n) is 10.9. The van der Waals surface area contributed by atoms with E-state index in [1.54, 1.807) is 0 Å². The molecule has 0 aliphatic heterocycles. The SMILES string of the molecule is COc1ccc(S(=O)(=O)NCCS(N)(=O)=O)cc1C(=O)O. The average Bonchev–Trinajstić information content (AvgIpc) is 2.35. The maximum atomic E-state index is 11.9. The van der Waals surface area contributed by atoms with Crippen LogP contribution in [0.4, 0.5) is 0 Å². The smallest absolute Gasteiger partial charge is 0.339 e. The van der Waals surface area contributed by atoms with E-state index in [4.69, 9.17) is 15.0 Å². The lowest BCUT2D eigenvalue weighted by Crippen LogP contribution is -2.31. The third-order valence-corrected chi connectivity index (χ3v) is 4.62. The number of primary sulfonamides is 1. The van der Waals surface area contributed by atoms with Crippen LogP contribution in [0.5, 0.6) is 5.75 Å². The molecular weight excluding hydrogens is 324 g/mol. The Labute approximate surface area is 121 Å². The zero-order valence-corrected chi connectivity index (χ0v) is 12.6. The van der Waals surface area contributed by atoms with Crippen molar-refractivity contribution in [3.63, 3.8) is 0 Å². The molecule has 0 aliphatic carbocycles. The van der Waals surface area contributed by atoms with Crippen LogP contribution in [0.2, 0.25) is 0 Å². The summed E-state index contributed by atoms with van der Waals surface area (Å²) in [7, 11) is -6.60. The Morgan fingerprint density at radius 1 is 1.33 bits per heavy atom. The zero-order chi connectivity index (χ0) is 16.3. The van der Waals surface area contributed by atoms with Gasteiger partial charge in [-0.05, 0) is 18.2 Å². The highest BCUT2D eigenvalue weighted by Gasteiger charge is 2.19. The standard InChI is InChI=1S/C10H14N2O7S2/c1-19-9-3-2-7(6-8(9)10(13)14)21(17,18)12-4-5-20(11,15)16/h2-3,6,12H,4-5H2,1H3,(H,13,14)(H2,11,15,16). The van der Waals surface area contributed by atoms with Crippen LogP contribution in [0.1, 0.15) is 10.4 Å². The third kappa shape index (κ3) is 4.97. The molecule has 0 saturated carbocycles. The predicted molar refractivity (Wildman–Crippen MR) is 73.1 cm³/mol. The number of carboxylic acids is 1. The lowest BCUT2D eigenvalue weighted by Gasteiger charge is -2.09. The molecule has 1 aromatic carbocycles. The number of hydrogen-bond donors (Lipinski definition) is 3. The van der Waals surface area contributed by atoms with Gasteiger partial charge in [0, 0.05) is 6.54 Å². The fourth-order valence-corrected chi connectivity index (χ4v) is 3.00. The van der Waals surface area contributed by atoms with Gasteiger partial charge in [0.15, 0.2) is 0 Å². The number of carboxylic acid groups (broad SMARTS) is 1. The second kappa shape index (κ2) is 6.39. The summed E-state index contributed by atoms with van der Waals surface area (Å²) in [5.74, 6) is -1.92. The quantitative estimate of drug-likeness (QED) is 0.574. The number of sulfonamides is 2. The van der Waals surface area contributed by atoms with Gasteiger partial charge in [-0.1, -0.05) is 0 Å². The molecule has 0 saturated heterocycles. The normalized spacial score (nSPS) is 12.1. The van der Waals surface area contributed by atoms with Gasteiger partial charge in [-0.2, -0.15) is 0 Å². The van der Waals surface area contributed by atoms with Crippen LogP contribution in [0, 0.1) is 0 Å². The first-order chi connectivity index (χ1) is 9.57. The molecule has 9 nitrogen and oxygen atoms in total. The lowest BCUT2D eigenvalue weighted by molar-refractivity contribution is 0.0693. The van der Waals surface area contributed by atoms with Gasteiger partial charge in [-0.3, -0.25) is 0 Å². The average molecular weight is 338 g/mol. The van der Waals surface area contributed by atoms with E-state index in [-0.39, 0.29) is 16.2 Å². The number of benzene rings is 1. The summed E-state index contributed by atoms with van der Waals surface area (Å²) in [6, 6.07) is 3.25. The van der Waals surface area contributed by atoms with E-state index in [0.29, 0.717) is 0 Å². The highest BCUT2D eigenvalue weighted by Crippen LogP contribution is 2.22. The number of methoxy groups -OCH3 is 1. The molecule has 118 valence electrons. The van der Waals surface area contributed by atoms with E-state index in [1.165, 1.54) is 13.2 Å². The highest BCUT2D eigenvalue weighted by atomic mass is 32.2. The topological polar surface area (TPSA) is 153 Å². The van der Waals surface area contributed by atoms with Crippen molar-refractivity contribution in [3.8, 4) is 5.75 Å². The number of rotatable bonds is 7. The lowest BCUT2D eigenvalue weighted by atomic mass is 10.2. The second-order valence-corrected chi connectivity index (χ2v) is 7.43. The van der Waals surface area contributed by atoms with E-state index in [9.17, 15) is 21.6 Å². The summed E-state index contributed by atoms with van der Waals surface area (Å²) < 4.78 is 52.1. The van der Waals surface area contributed by atoms with Crippen LogP contribution in [0.15, 0.2) is 23.1 Å². The Hall–Kier alpha value is -1.69. The minimum Gasteiger partial charge on any atom is -0.496 e. The van der Waals surface area contributed by atoms with E-state index < -0.39 is 38.3 Å². The molecule has 0 fully saturated rings. The monoisotopic (exact) mass is 338 g/mol. The number of hydrogen-bond acceptors (Lipinski definition) is 6. The number of ether oxygens (including phenoxy) is 1. The minimum absolute atomic E-state index is 0.00554. The van der Waals surface area contributed by atoms with Crippen LogP contribution < -0.4 is 14.6 Å². The number of nitrogens with one attached hydrogen (secondary N) is 1. The summed E-state index contributed by atoms with van der Waals surface area (Å²) in [5, 5.41) is 13.7. The molecule has 4 N–H and O–H groups in total. The number of aromatic carboxylic acids is 1. The van der Waals surface area contributed by atoms with Crippen molar-refractivity contribution in [1.82, 2.24) is 4.72 Å². The van der Waals surface area contributed by atoms with E-state index >= 15 is 0 Å². The van der Waals surface area contributed by atoms with Crippen LogP contribution in [0.25, 0.3) is 0 Å². The molecule has 0 spiro atoms. The van der Waals surface area contributed by atoms with Gasteiger partial charge in [0.05, 0.1) is 17.8 Å². The van der Waals surface area contributed by atoms with Gasteiger partial charge >= 0.3 is 5.97 Å². The molecule has 0 amide bonds. The van der Waals surface area contributed by atoms with Crippen LogP contribution in [0.3, 0.4) is 0 Å².